The summed E-state index contributed by atoms with van der Waals surface area (Å²) in [6.07, 6.45) is 0.621. The molecular formula is C29H30ClN3O2. The minimum absolute atomic E-state index is 0.168. The van der Waals surface area contributed by atoms with Gasteiger partial charge in [-0.25, -0.2) is 0 Å². The van der Waals surface area contributed by atoms with Gasteiger partial charge in [-0.05, 0) is 67.6 Å². The van der Waals surface area contributed by atoms with Gasteiger partial charge in [0.15, 0.2) is 0 Å². The fourth-order valence-electron chi connectivity index (χ4n) is 4.68. The second-order valence-corrected chi connectivity index (χ2v) is 9.38. The third-order valence-electron chi connectivity index (χ3n) is 6.51. The maximum atomic E-state index is 13.7. The highest BCUT2D eigenvalue weighted by atomic mass is 35.5. The number of hydrogen-bond acceptors (Lipinski definition) is 2. The molecule has 35 heavy (non-hydrogen) atoms. The molecule has 0 bridgehead atoms. The summed E-state index contributed by atoms with van der Waals surface area (Å²) in [6.45, 7) is 7.87. The van der Waals surface area contributed by atoms with Crippen LogP contribution in [0.25, 0.3) is 10.9 Å². The van der Waals surface area contributed by atoms with E-state index in [2.05, 4.69) is 16.4 Å². The summed E-state index contributed by atoms with van der Waals surface area (Å²) in [4.78, 5) is 31.7. The third-order valence-corrected chi connectivity index (χ3v) is 6.76. The molecule has 0 saturated carbocycles. The lowest BCUT2D eigenvalue weighted by Gasteiger charge is -2.31. The van der Waals surface area contributed by atoms with Gasteiger partial charge in [-0.3, -0.25) is 9.59 Å². The summed E-state index contributed by atoms with van der Waals surface area (Å²) in [5, 5.41) is 4.80. The average molecular weight is 488 g/mol. The number of anilines is 1. The van der Waals surface area contributed by atoms with E-state index in [0.29, 0.717) is 23.6 Å². The fourth-order valence-corrected chi connectivity index (χ4v) is 4.80. The largest absolute Gasteiger partial charge is 0.358 e. The Labute approximate surface area is 211 Å². The Hall–Kier alpha value is -3.57. The minimum Gasteiger partial charge on any atom is -0.358 e. The predicted octanol–water partition coefficient (Wildman–Crippen LogP) is 6.52. The number of aryl methyl sites for hydroxylation is 3. The van der Waals surface area contributed by atoms with E-state index < -0.39 is 6.04 Å². The van der Waals surface area contributed by atoms with Crippen LogP contribution in [0.3, 0.4) is 0 Å². The van der Waals surface area contributed by atoms with Gasteiger partial charge in [-0.15, -0.1) is 0 Å². The highest BCUT2D eigenvalue weighted by Gasteiger charge is 2.30. The van der Waals surface area contributed by atoms with Crippen molar-refractivity contribution in [3.63, 3.8) is 0 Å². The first-order valence-electron chi connectivity index (χ1n) is 11.7. The number of carbonyl (C=O) groups excluding carboxylic acids is 2. The number of rotatable bonds is 7. The molecule has 3 aromatic carbocycles. The fraction of sp³-hybridized carbons (Fsp3) is 0.241. The molecular weight excluding hydrogens is 458 g/mol. The molecule has 0 fully saturated rings. The first-order valence-corrected chi connectivity index (χ1v) is 12.1. The standard InChI is InChI=1S/C29H30ClN3O2/c1-18-8-7-9-19(2)27(18)32-29(35)28(22-12-14-23(30)15-13-22)33(21(4)34)17-16-24-20(3)31-26-11-6-5-10-25(24)26/h5-15,28,31H,16-17H2,1-4H3,(H,32,35). The Morgan fingerprint density at radius 3 is 2.26 bits per heavy atom. The number of aromatic nitrogens is 1. The van der Waals surface area contributed by atoms with E-state index in [1.165, 1.54) is 6.92 Å². The third kappa shape index (κ3) is 5.25. The van der Waals surface area contributed by atoms with Crippen LogP contribution < -0.4 is 5.32 Å². The smallest absolute Gasteiger partial charge is 0.251 e. The molecule has 0 aliphatic rings. The average Bonchev–Trinajstić information content (AvgIpc) is 3.14. The summed E-state index contributed by atoms with van der Waals surface area (Å²) in [5.74, 6) is -0.422. The van der Waals surface area contributed by atoms with Gasteiger partial charge in [0.25, 0.3) is 5.91 Å². The van der Waals surface area contributed by atoms with Crippen molar-refractivity contribution in [3.8, 4) is 0 Å². The van der Waals surface area contributed by atoms with Crippen molar-refractivity contribution in [2.45, 2.75) is 40.2 Å². The number of nitrogens with zero attached hydrogens (tertiary/aromatic N) is 1. The Bertz CT molecular complexity index is 1350. The van der Waals surface area contributed by atoms with Crippen LogP contribution in [0, 0.1) is 20.8 Å². The molecule has 6 heteroatoms. The van der Waals surface area contributed by atoms with E-state index in [-0.39, 0.29) is 11.8 Å². The molecule has 4 aromatic rings. The first-order chi connectivity index (χ1) is 16.8. The molecule has 0 aliphatic carbocycles. The van der Waals surface area contributed by atoms with Crippen molar-refractivity contribution >= 4 is 40.0 Å². The number of nitrogens with one attached hydrogen (secondary N) is 2. The molecule has 1 atom stereocenters. The number of hydrogen-bond donors (Lipinski definition) is 2. The van der Waals surface area contributed by atoms with Gasteiger partial charge in [0, 0.05) is 40.8 Å². The maximum absolute atomic E-state index is 13.7. The maximum Gasteiger partial charge on any atom is 0.251 e. The van der Waals surface area contributed by atoms with Crippen LogP contribution in [0.15, 0.2) is 66.7 Å². The van der Waals surface area contributed by atoms with Crippen LogP contribution in [0.1, 0.15) is 40.9 Å². The van der Waals surface area contributed by atoms with Crippen molar-refractivity contribution in [1.82, 2.24) is 9.88 Å². The molecule has 5 nitrogen and oxygen atoms in total. The number of benzene rings is 3. The van der Waals surface area contributed by atoms with Gasteiger partial charge < -0.3 is 15.2 Å². The molecule has 2 N–H and O–H groups in total. The Kier molecular flexibility index (Phi) is 7.27. The summed E-state index contributed by atoms with van der Waals surface area (Å²) in [6, 6.07) is 20.3. The zero-order chi connectivity index (χ0) is 25.1. The van der Waals surface area contributed by atoms with Crippen molar-refractivity contribution in [1.29, 1.82) is 0 Å². The van der Waals surface area contributed by atoms with Crippen molar-refractivity contribution in [2.75, 3.05) is 11.9 Å². The zero-order valence-electron chi connectivity index (χ0n) is 20.5. The van der Waals surface area contributed by atoms with Crippen molar-refractivity contribution in [2.24, 2.45) is 0 Å². The first kappa shape index (κ1) is 24.6. The minimum atomic E-state index is -0.797. The number of fused-ring (bicyclic) bond motifs is 1. The predicted molar refractivity (Wildman–Crippen MR) is 143 cm³/mol. The number of para-hydroxylation sites is 2. The molecule has 1 heterocycles. The van der Waals surface area contributed by atoms with Crippen LogP contribution in [0.4, 0.5) is 5.69 Å². The molecule has 180 valence electrons. The number of amides is 2. The molecule has 0 spiro atoms. The highest BCUT2D eigenvalue weighted by molar-refractivity contribution is 6.30. The van der Waals surface area contributed by atoms with Crippen LogP contribution in [0.2, 0.25) is 5.02 Å². The van der Waals surface area contributed by atoms with Crippen LogP contribution in [-0.2, 0) is 16.0 Å². The van der Waals surface area contributed by atoms with Crippen LogP contribution in [-0.4, -0.2) is 28.2 Å². The van der Waals surface area contributed by atoms with E-state index in [0.717, 1.165) is 39.0 Å². The van der Waals surface area contributed by atoms with Gasteiger partial charge in [0.05, 0.1) is 0 Å². The van der Waals surface area contributed by atoms with Crippen molar-refractivity contribution in [3.05, 3.63) is 99.7 Å². The monoisotopic (exact) mass is 487 g/mol. The molecule has 2 amide bonds. The number of aromatic amines is 1. The highest BCUT2D eigenvalue weighted by Crippen LogP contribution is 2.29. The van der Waals surface area contributed by atoms with Crippen LogP contribution in [0.5, 0.6) is 0 Å². The van der Waals surface area contributed by atoms with E-state index in [1.807, 2.05) is 69.3 Å². The van der Waals surface area contributed by atoms with Gasteiger partial charge in [0.2, 0.25) is 5.91 Å². The second kappa shape index (κ2) is 10.4. The Balaban J connectivity index is 1.69. The number of carbonyl (C=O) groups is 2. The zero-order valence-corrected chi connectivity index (χ0v) is 21.2. The van der Waals surface area contributed by atoms with Crippen molar-refractivity contribution < 1.29 is 9.59 Å². The summed E-state index contributed by atoms with van der Waals surface area (Å²) < 4.78 is 0. The molecule has 1 aromatic heterocycles. The van der Waals surface area contributed by atoms with E-state index >= 15 is 0 Å². The molecule has 0 radical (unpaired) electrons. The van der Waals surface area contributed by atoms with Gasteiger partial charge in [-0.1, -0.05) is 60.1 Å². The van der Waals surface area contributed by atoms with Gasteiger partial charge in [-0.2, -0.15) is 0 Å². The summed E-state index contributed by atoms with van der Waals surface area (Å²) in [7, 11) is 0. The molecule has 0 aliphatic heterocycles. The van der Waals surface area contributed by atoms with Gasteiger partial charge >= 0.3 is 0 Å². The number of halogens is 1. The quantitative estimate of drug-likeness (QED) is 0.311. The SMILES string of the molecule is CC(=O)N(CCc1c(C)[nH]c2ccccc12)C(C(=O)Nc1c(C)cccc1C)c1ccc(Cl)cc1. The topological polar surface area (TPSA) is 65.2 Å². The summed E-state index contributed by atoms with van der Waals surface area (Å²) in [5.41, 5.74) is 6.71. The number of H-pyrrole nitrogens is 1. The lowest BCUT2D eigenvalue weighted by atomic mass is 10.0. The lowest BCUT2D eigenvalue weighted by Crippen LogP contribution is -2.41. The summed E-state index contributed by atoms with van der Waals surface area (Å²) >= 11 is 6.13. The lowest BCUT2D eigenvalue weighted by molar-refractivity contribution is -0.137. The van der Waals surface area contributed by atoms with Gasteiger partial charge in [0.1, 0.15) is 6.04 Å². The molecule has 0 saturated heterocycles. The molecule has 4 rings (SSSR count). The Morgan fingerprint density at radius 1 is 0.943 bits per heavy atom. The second-order valence-electron chi connectivity index (χ2n) is 8.95. The molecule has 1 unspecified atom stereocenters. The van der Waals surface area contributed by atoms with E-state index in [9.17, 15) is 9.59 Å². The van der Waals surface area contributed by atoms with E-state index in [1.54, 1.807) is 17.0 Å². The normalized spacial score (nSPS) is 11.9. The van der Waals surface area contributed by atoms with E-state index in [4.69, 9.17) is 11.6 Å². The van der Waals surface area contributed by atoms with Crippen LogP contribution >= 0.6 is 11.6 Å². The Morgan fingerprint density at radius 2 is 1.60 bits per heavy atom.